The molecular formula is C15H13F3N2O2S. The van der Waals surface area contributed by atoms with Gasteiger partial charge in [0.25, 0.3) is 5.56 Å². The topological polar surface area (TPSA) is 44.0 Å². The van der Waals surface area contributed by atoms with E-state index >= 15 is 0 Å². The summed E-state index contributed by atoms with van der Waals surface area (Å²) < 4.78 is 39.8. The highest BCUT2D eigenvalue weighted by Gasteiger charge is 2.35. The van der Waals surface area contributed by atoms with Crippen LogP contribution in [0.3, 0.4) is 0 Å². The summed E-state index contributed by atoms with van der Waals surface area (Å²) in [6.07, 6.45) is -2.94. The predicted molar refractivity (Wildman–Crippen MR) is 81.3 cm³/mol. The normalized spacial score (nSPS) is 14.6. The van der Waals surface area contributed by atoms with Crippen molar-refractivity contribution in [2.45, 2.75) is 23.9 Å². The Kier molecular flexibility index (Phi) is 3.87. The average molecular weight is 342 g/mol. The number of aromatic nitrogens is 2. The molecule has 4 nitrogen and oxygen atoms in total. The summed E-state index contributed by atoms with van der Waals surface area (Å²) in [4.78, 5) is 25.4. The van der Waals surface area contributed by atoms with Crippen LogP contribution in [0.2, 0.25) is 0 Å². The lowest BCUT2D eigenvalue weighted by molar-refractivity contribution is -0.144. The van der Waals surface area contributed by atoms with E-state index in [1.54, 1.807) is 30.0 Å². The molecule has 1 aromatic heterocycles. The van der Waals surface area contributed by atoms with Gasteiger partial charge in [-0.05, 0) is 42.4 Å². The molecule has 1 aliphatic rings. The number of alkyl halides is 3. The van der Waals surface area contributed by atoms with E-state index in [2.05, 4.69) is 0 Å². The molecule has 1 aromatic carbocycles. The van der Waals surface area contributed by atoms with Gasteiger partial charge in [-0.2, -0.15) is 13.2 Å². The van der Waals surface area contributed by atoms with E-state index in [0.29, 0.717) is 16.3 Å². The minimum Gasteiger partial charge on any atom is -0.292 e. The first-order chi connectivity index (χ1) is 10.8. The molecule has 0 saturated carbocycles. The maximum Gasteiger partial charge on any atom is 0.431 e. The molecule has 3 rings (SSSR count). The molecule has 0 bridgehead atoms. The number of fused-ring (bicyclic) bond motifs is 1. The van der Waals surface area contributed by atoms with E-state index in [9.17, 15) is 22.8 Å². The molecule has 0 aliphatic carbocycles. The molecule has 0 fully saturated rings. The maximum absolute atomic E-state index is 12.9. The SMILES string of the molecule is Cn1c(C(F)(F)F)cc(=O)n(-c2ccc3c(c2)CCCS3)c1=O. The van der Waals surface area contributed by atoms with E-state index in [0.717, 1.165) is 40.7 Å². The molecule has 23 heavy (non-hydrogen) atoms. The van der Waals surface area contributed by atoms with Crippen molar-refractivity contribution in [3.8, 4) is 5.69 Å². The van der Waals surface area contributed by atoms with Gasteiger partial charge >= 0.3 is 11.9 Å². The van der Waals surface area contributed by atoms with Gasteiger partial charge in [0.1, 0.15) is 5.69 Å². The molecule has 2 aromatic rings. The van der Waals surface area contributed by atoms with Crippen molar-refractivity contribution >= 4 is 11.8 Å². The molecule has 0 atom stereocenters. The van der Waals surface area contributed by atoms with Crippen LogP contribution in [0.4, 0.5) is 13.2 Å². The van der Waals surface area contributed by atoms with Gasteiger partial charge < -0.3 is 0 Å². The van der Waals surface area contributed by atoms with Gasteiger partial charge in [-0.25, -0.2) is 9.36 Å². The van der Waals surface area contributed by atoms with Crippen LogP contribution in [0.15, 0.2) is 38.8 Å². The molecule has 8 heteroatoms. The van der Waals surface area contributed by atoms with Crippen molar-refractivity contribution in [2.75, 3.05) is 5.75 Å². The Labute approximate surface area is 133 Å². The molecule has 0 radical (unpaired) electrons. The third kappa shape index (κ3) is 2.83. The van der Waals surface area contributed by atoms with Gasteiger partial charge in [0.15, 0.2) is 0 Å². The Morgan fingerprint density at radius 2 is 1.91 bits per heavy atom. The van der Waals surface area contributed by atoms with Crippen molar-refractivity contribution in [2.24, 2.45) is 7.05 Å². The Balaban J connectivity index is 2.20. The number of rotatable bonds is 1. The fraction of sp³-hybridized carbons (Fsp3) is 0.333. The summed E-state index contributed by atoms with van der Waals surface area (Å²) in [5.74, 6) is 1.01. The molecule has 0 spiro atoms. The van der Waals surface area contributed by atoms with E-state index in [4.69, 9.17) is 0 Å². The highest BCUT2D eigenvalue weighted by atomic mass is 32.2. The molecule has 0 N–H and O–H groups in total. The van der Waals surface area contributed by atoms with E-state index in [1.807, 2.05) is 0 Å². The van der Waals surface area contributed by atoms with Crippen molar-refractivity contribution < 1.29 is 13.2 Å². The molecular weight excluding hydrogens is 329 g/mol. The Bertz CT molecular complexity index is 884. The molecule has 122 valence electrons. The van der Waals surface area contributed by atoms with Crippen molar-refractivity contribution in [1.29, 1.82) is 0 Å². The Morgan fingerprint density at radius 3 is 2.61 bits per heavy atom. The van der Waals surface area contributed by atoms with Crippen molar-refractivity contribution in [1.82, 2.24) is 9.13 Å². The molecule has 0 saturated heterocycles. The van der Waals surface area contributed by atoms with Gasteiger partial charge in [-0.15, -0.1) is 11.8 Å². The molecule has 0 unspecified atom stereocenters. The minimum atomic E-state index is -4.75. The summed E-state index contributed by atoms with van der Waals surface area (Å²) in [5.41, 5.74) is -1.94. The lowest BCUT2D eigenvalue weighted by Crippen LogP contribution is -2.40. The van der Waals surface area contributed by atoms with Crippen LogP contribution in [0.25, 0.3) is 5.69 Å². The van der Waals surface area contributed by atoms with Gasteiger partial charge in [0.2, 0.25) is 0 Å². The van der Waals surface area contributed by atoms with Gasteiger partial charge in [-0.3, -0.25) is 9.36 Å². The van der Waals surface area contributed by atoms with Gasteiger partial charge in [-0.1, -0.05) is 0 Å². The van der Waals surface area contributed by atoms with Gasteiger partial charge in [0, 0.05) is 18.0 Å². The highest BCUT2D eigenvalue weighted by Crippen LogP contribution is 2.31. The number of nitrogens with zero attached hydrogens (tertiary/aromatic N) is 2. The Morgan fingerprint density at radius 1 is 1.17 bits per heavy atom. The Hall–Kier alpha value is -1.96. The van der Waals surface area contributed by atoms with E-state index in [-0.39, 0.29) is 0 Å². The van der Waals surface area contributed by atoms with Crippen LogP contribution in [0, 0.1) is 0 Å². The molecule has 0 amide bonds. The number of hydrogen-bond acceptors (Lipinski definition) is 3. The van der Waals surface area contributed by atoms with Crippen LogP contribution < -0.4 is 11.2 Å². The summed E-state index contributed by atoms with van der Waals surface area (Å²) in [5, 5.41) is 0. The standard InChI is InChI=1S/C15H13F3N2O2S/c1-19-12(15(16,17)18)8-13(21)20(14(19)22)10-4-5-11-9(7-10)3-2-6-23-11/h4-5,7-8H,2-3,6H2,1H3. The summed E-state index contributed by atoms with van der Waals surface area (Å²) >= 11 is 1.69. The van der Waals surface area contributed by atoms with Crippen LogP contribution in [0.5, 0.6) is 0 Å². The van der Waals surface area contributed by atoms with Gasteiger partial charge in [0.05, 0.1) is 5.69 Å². The average Bonchev–Trinajstić information content (AvgIpc) is 2.50. The zero-order valence-corrected chi connectivity index (χ0v) is 13.0. The maximum atomic E-state index is 12.9. The van der Waals surface area contributed by atoms with Crippen LogP contribution in [-0.2, 0) is 19.6 Å². The first-order valence-corrected chi connectivity index (χ1v) is 7.94. The molecule has 2 heterocycles. The number of benzene rings is 1. The van der Waals surface area contributed by atoms with E-state index < -0.39 is 23.1 Å². The lowest BCUT2D eigenvalue weighted by atomic mass is 10.1. The fourth-order valence-corrected chi connectivity index (χ4v) is 3.64. The first kappa shape index (κ1) is 15.9. The summed E-state index contributed by atoms with van der Waals surface area (Å²) in [6.45, 7) is 0. The largest absolute Gasteiger partial charge is 0.431 e. The third-order valence-electron chi connectivity index (χ3n) is 3.76. The monoisotopic (exact) mass is 342 g/mol. The third-order valence-corrected chi connectivity index (χ3v) is 4.96. The summed E-state index contributed by atoms with van der Waals surface area (Å²) in [6, 6.07) is 5.55. The lowest BCUT2D eigenvalue weighted by Gasteiger charge is -2.17. The van der Waals surface area contributed by atoms with Crippen LogP contribution in [-0.4, -0.2) is 14.9 Å². The first-order valence-electron chi connectivity index (χ1n) is 6.95. The number of halogens is 3. The predicted octanol–water partition coefficient (Wildman–Crippen LogP) is 2.59. The van der Waals surface area contributed by atoms with Crippen LogP contribution >= 0.6 is 11.8 Å². The number of thioether (sulfide) groups is 1. The quantitative estimate of drug-likeness (QED) is 0.800. The second-order valence-electron chi connectivity index (χ2n) is 5.29. The highest BCUT2D eigenvalue weighted by molar-refractivity contribution is 7.99. The zero-order chi connectivity index (χ0) is 16.8. The number of aryl methyl sites for hydroxylation is 1. The van der Waals surface area contributed by atoms with Crippen LogP contribution in [0.1, 0.15) is 17.7 Å². The minimum absolute atomic E-state index is 0.297. The second-order valence-corrected chi connectivity index (χ2v) is 6.42. The van der Waals surface area contributed by atoms with Crippen molar-refractivity contribution in [3.63, 3.8) is 0 Å². The van der Waals surface area contributed by atoms with Crippen molar-refractivity contribution in [3.05, 3.63) is 56.4 Å². The zero-order valence-electron chi connectivity index (χ0n) is 12.2. The summed E-state index contributed by atoms with van der Waals surface area (Å²) in [7, 11) is 1.01. The van der Waals surface area contributed by atoms with E-state index in [1.165, 1.54) is 0 Å². The molecule has 1 aliphatic heterocycles. The second kappa shape index (κ2) is 5.59. The fourth-order valence-electron chi connectivity index (χ4n) is 2.62. The smallest absolute Gasteiger partial charge is 0.292 e. The number of hydrogen-bond donors (Lipinski definition) is 0.